The molecule has 2 aromatic carbocycles. The number of nitro benzene ring substituents is 1. The summed E-state index contributed by atoms with van der Waals surface area (Å²) in [6.45, 7) is 1.71. The minimum Gasteiger partial charge on any atom is -0.480 e. The number of aromatic nitrogens is 1. The highest BCUT2D eigenvalue weighted by atomic mass is 16.6. The number of carbonyl (C=O) groups excluding carboxylic acids is 2. The number of hydrogen-bond donors (Lipinski definition) is 2. The molecule has 0 aliphatic rings. The first kappa shape index (κ1) is 23.3. The molecule has 0 saturated heterocycles. The first-order valence-corrected chi connectivity index (χ1v) is 10.1. The zero-order valence-electron chi connectivity index (χ0n) is 17.6. The van der Waals surface area contributed by atoms with Crippen LogP contribution in [0.3, 0.4) is 0 Å². The highest BCUT2D eigenvalue weighted by Crippen LogP contribution is 2.27. The van der Waals surface area contributed by atoms with Gasteiger partial charge in [-0.1, -0.05) is 30.3 Å². The summed E-state index contributed by atoms with van der Waals surface area (Å²) in [5, 5.41) is 24.1. The molecule has 2 N–H and O–H groups in total. The Kier molecular flexibility index (Phi) is 7.29. The maximum Gasteiger partial charge on any atom is 0.326 e. The second-order valence-corrected chi connectivity index (χ2v) is 7.13. The zero-order valence-corrected chi connectivity index (χ0v) is 17.6. The Balaban J connectivity index is 1.97. The van der Waals surface area contributed by atoms with E-state index in [4.69, 9.17) is 4.74 Å². The number of non-ortho nitro benzene ring substituents is 1. The number of aliphatic carboxylic acids is 1. The SMILES string of the molecule is CCOC(=O)C[C@H](c1ccc([N+](=O)[O-])cc1)[C@@H](NC(=O)c1cccc2cccnc12)C(=O)O. The number of benzene rings is 2. The number of carboxylic acids is 1. The van der Waals surface area contributed by atoms with Crippen molar-refractivity contribution in [3.05, 3.63) is 82.0 Å². The third kappa shape index (κ3) is 5.48. The van der Waals surface area contributed by atoms with Crippen molar-refractivity contribution in [3.8, 4) is 0 Å². The van der Waals surface area contributed by atoms with Gasteiger partial charge in [-0.05, 0) is 24.6 Å². The predicted molar refractivity (Wildman–Crippen MR) is 118 cm³/mol. The van der Waals surface area contributed by atoms with E-state index in [0.717, 1.165) is 0 Å². The molecule has 0 unspecified atom stereocenters. The molecule has 2 atom stereocenters. The summed E-state index contributed by atoms with van der Waals surface area (Å²) < 4.78 is 4.97. The van der Waals surface area contributed by atoms with Crippen LogP contribution in [0.4, 0.5) is 5.69 Å². The molecule has 1 aromatic heterocycles. The van der Waals surface area contributed by atoms with Crippen LogP contribution >= 0.6 is 0 Å². The molecular formula is C23H21N3O7. The van der Waals surface area contributed by atoms with Crippen LogP contribution in [0.2, 0.25) is 0 Å². The van der Waals surface area contributed by atoms with E-state index in [-0.39, 0.29) is 24.3 Å². The van der Waals surface area contributed by atoms with Crippen LogP contribution in [0.1, 0.15) is 35.2 Å². The van der Waals surface area contributed by atoms with E-state index >= 15 is 0 Å². The van der Waals surface area contributed by atoms with Gasteiger partial charge in [-0.3, -0.25) is 24.7 Å². The largest absolute Gasteiger partial charge is 0.480 e. The smallest absolute Gasteiger partial charge is 0.326 e. The lowest BCUT2D eigenvalue weighted by Gasteiger charge is -2.25. The summed E-state index contributed by atoms with van der Waals surface area (Å²) in [6, 6.07) is 12.1. The van der Waals surface area contributed by atoms with Crippen LogP contribution in [0.25, 0.3) is 10.9 Å². The van der Waals surface area contributed by atoms with E-state index in [0.29, 0.717) is 16.5 Å². The average molecular weight is 451 g/mol. The van der Waals surface area contributed by atoms with Gasteiger partial charge in [0.1, 0.15) is 6.04 Å². The highest BCUT2D eigenvalue weighted by Gasteiger charge is 2.34. The molecule has 3 rings (SSSR count). The number of esters is 1. The lowest BCUT2D eigenvalue weighted by Crippen LogP contribution is -2.45. The number of fused-ring (bicyclic) bond motifs is 1. The summed E-state index contributed by atoms with van der Waals surface area (Å²) in [5.74, 6) is -3.74. The second-order valence-electron chi connectivity index (χ2n) is 7.13. The lowest BCUT2D eigenvalue weighted by atomic mass is 9.88. The minimum absolute atomic E-state index is 0.0948. The van der Waals surface area contributed by atoms with Crippen molar-refractivity contribution in [2.24, 2.45) is 0 Å². The molecule has 0 spiro atoms. The fourth-order valence-electron chi connectivity index (χ4n) is 3.51. The molecule has 0 radical (unpaired) electrons. The standard InChI is InChI=1S/C23H21N3O7/c1-2-33-19(27)13-18(14-8-10-16(11-9-14)26(31)32)21(23(29)30)25-22(28)17-7-3-5-15-6-4-12-24-20(15)17/h3-12,18,21H,2,13H2,1H3,(H,25,28)(H,29,30)/t18-,21-/m1/s1. The Morgan fingerprint density at radius 2 is 1.82 bits per heavy atom. The quantitative estimate of drug-likeness (QED) is 0.286. The number of hydrogen-bond acceptors (Lipinski definition) is 7. The van der Waals surface area contributed by atoms with E-state index in [1.54, 1.807) is 31.2 Å². The van der Waals surface area contributed by atoms with Crippen molar-refractivity contribution in [3.63, 3.8) is 0 Å². The number of carboxylic acid groups (broad SMARTS) is 1. The lowest BCUT2D eigenvalue weighted by molar-refractivity contribution is -0.384. The molecule has 1 heterocycles. The summed E-state index contributed by atoms with van der Waals surface area (Å²) in [5.41, 5.74) is 0.723. The Morgan fingerprint density at radius 3 is 2.45 bits per heavy atom. The van der Waals surface area contributed by atoms with E-state index < -0.39 is 34.7 Å². The normalized spacial score (nSPS) is 12.5. The Hall–Kier alpha value is -4.34. The van der Waals surface area contributed by atoms with Crippen molar-refractivity contribution in [2.45, 2.75) is 25.3 Å². The Morgan fingerprint density at radius 1 is 1.12 bits per heavy atom. The van der Waals surface area contributed by atoms with Crippen LogP contribution in [0.5, 0.6) is 0 Å². The van der Waals surface area contributed by atoms with Crippen molar-refractivity contribution in [2.75, 3.05) is 6.61 Å². The fourth-order valence-corrected chi connectivity index (χ4v) is 3.51. The van der Waals surface area contributed by atoms with Crippen molar-refractivity contribution in [1.82, 2.24) is 10.3 Å². The molecule has 0 aliphatic heterocycles. The number of nitro groups is 1. The van der Waals surface area contributed by atoms with Crippen LogP contribution in [0.15, 0.2) is 60.8 Å². The summed E-state index contributed by atoms with van der Waals surface area (Å²) >= 11 is 0. The van der Waals surface area contributed by atoms with Gasteiger partial charge in [0.25, 0.3) is 11.6 Å². The number of rotatable bonds is 9. The summed E-state index contributed by atoms with van der Waals surface area (Å²) in [4.78, 5) is 52.0. The molecule has 33 heavy (non-hydrogen) atoms. The Bertz CT molecular complexity index is 1190. The molecule has 0 fully saturated rings. The number of nitrogens with one attached hydrogen (secondary N) is 1. The fraction of sp³-hybridized carbons (Fsp3) is 0.217. The van der Waals surface area contributed by atoms with Gasteiger partial charge in [0.15, 0.2) is 0 Å². The number of pyridine rings is 1. The first-order valence-electron chi connectivity index (χ1n) is 10.1. The molecular weight excluding hydrogens is 430 g/mol. The third-order valence-corrected chi connectivity index (χ3v) is 5.06. The maximum absolute atomic E-state index is 13.0. The maximum atomic E-state index is 13.0. The van der Waals surface area contributed by atoms with E-state index in [2.05, 4.69) is 10.3 Å². The van der Waals surface area contributed by atoms with Gasteiger partial charge in [-0.2, -0.15) is 0 Å². The van der Waals surface area contributed by atoms with Gasteiger partial charge in [0.2, 0.25) is 0 Å². The van der Waals surface area contributed by atoms with Gasteiger partial charge < -0.3 is 15.2 Å². The molecule has 0 bridgehead atoms. The van der Waals surface area contributed by atoms with E-state index in [1.165, 1.54) is 36.5 Å². The van der Waals surface area contributed by atoms with Crippen LogP contribution < -0.4 is 5.32 Å². The molecule has 0 aliphatic carbocycles. The van der Waals surface area contributed by atoms with Crippen LogP contribution in [0, 0.1) is 10.1 Å². The number of carbonyl (C=O) groups is 3. The number of amides is 1. The molecule has 0 saturated carbocycles. The Labute approximate surface area is 188 Å². The van der Waals surface area contributed by atoms with Crippen molar-refractivity contribution < 1.29 is 29.2 Å². The highest BCUT2D eigenvalue weighted by molar-refractivity contribution is 6.06. The van der Waals surface area contributed by atoms with Crippen molar-refractivity contribution >= 4 is 34.4 Å². The molecule has 1 amide bonds. The number of nitrogens with zero attached hydrogens (tertiary/aromatic N) is 2. The topological polar surface area (TPSA) is 149 Å². The first-order chi connectivity index (χ1) is 15.8. The zero-order chi connectivity index (χ0) is 24.0. The van der Waals surface area contributed by atoms with Crippen molar-refractivity contribution in [1.29, 1.82) is 0 Å². The number of para-hydroxylation sites is 1. The van der Waals surface area contributed by atoms with Crippen LogP contribution in [-0.4, -0.2) is 45.5 Å². The van der Waals surface area contributed by atoms with Gasteiger partial charge in [-0.25, -0.2) is 4.79 Å². The molecule has 10 heteroatoms. The molecule has 10 nitrogen and oxygen atoms in total. The molecule has 3 aromatic rings. The van der Waals surface area contributed by atoms with E-state index in [9.17, 15) is 29.6 Å². The monoisotopic (exact) mass is 451 g/mol. The number of ether oxygens (including phenoxy) is 1. The predicted octanol–water partition coefficient (Wildman–Crippen LogP) is 3.06. The second kappa shape index (κ2) is 10.3. The summed E-state index contributed by atoms with van der Waals surface area (Å²) in [7, 11) is 0. The van der Waals surface area contributed by atoms with Gasteiger partial charge in [0.05, 0.1) is 29.0 Å². The van der Waals surface area contributed by atoms with Gasteiger partial charge in [0, 0.05) is 29.6 Å². The summed E-state index contributed by atoms with van der Waals surface area (Å²) in [6.07, 6.45) is 1.17. The average Bonchev–Trinajstić information content (AvgIpc) is 2.80. The van der Waals surface area contributed by atoms with Crippen LogP contribution in [-0.2, 0) is 14.3 Å². The van der Waals surface area contributed by atoms with E-state index in [1.807, 2.05) is 0 Å². The molecule has 170 valence electrons. The van der Waals surface area contributed by atoms with Gasteiger partial charge in [-0.15, -0.1) is 0 Å². The third-order valence-electron chi connectivity index (χ3n) is 5.06. The minimum atomic E-state index is -1.51. The van der Waals surface area contributed by atoms with Gasteiger partial charge >= 0.3 is 11.9 Å².